The number of esters is 4. The third kappa shape index (κ3) is 78.0. The zero-order chi connectivity index (χ0) is 75.3. The van der Waals surface area contributed by atoms with Gasteiger partial charge in [-0.25, -0.2) is 9.13 Å². The minimum absolute atomic E-state index is 0.109. The summed E-state index contributed by atoms with van der Waals surface area (Å²) in [5.74, 6) is -2.10. The third-order valence-electron chi connectivity index (χ3n) is 19.9. The molecule has 0 aromatic rings. The molecule has 0 rings (SSSR count). The van der Waals surface area contributed by atoms with Gasteiger partial charge in [0, 0.05) is 25.7 Å². The molecule has 0 aliphatic heterocycles. The second kappa shape index (κ2) is 78.2. The molecule has 0 fully saturated rings. The van der Waals surface area contributed by atoms with Crippen LogP contribution < -0.4 is 0 Å². The molecule has 0 bridgehead atoms. The number of unbranched alkanes of at least 4 members (excludes halogenated alkanes) is 59. The van der Waals surface area contributed by atoms with E-state index in [-0.39, 0.29) is 25.7 Å². The van der Waals surface area contributed by atoms with Crippen LogP contribution in [0.5, 0.6) is 0 Å². The first-order valence-corrected chi connectivity index (χ1v) is 46.8. The summed E-state index contributed by atoms with van der Waals surface area (Å²) in [4.78, 5) is 73.1. The Morgan fingerprint density at radius 3 is 0.573 bits per heavy atom. The van der Waals surface area contributed by atoms with Crippen LogP contribution in [0.3, 0.4) is 0 Å². The van der Waals surface area contributed by atoms with Crippen molar-refractivity contribution in [2.75, 3.05) is 39.6 Å². The van der Waals surface area contributed by atoms with Crippen molar-refractivity contribution in [3.05, 3.63) is 0 Å². The topological polar surface area (TPSA) is 237 Å². The molecule has 0 heterocycles. The molecule has 5 atom stereocenters. The Morgan fingerprint density at radius 1 is 0.233 bits per heavy atom. The van der Waals surface area contributed by atoms with Crippen molar-refractivity contribution in [1.82, 2.24) is 0 Å². The summed E-state index contributed by atoms with van der Waals surface area (Å²) in [7, 11) is -9.92. The molecule has 612 valence electrons. The molecule has 2 unspecified atom stereocenters. The number of carbonyl (C=O) groups is 4. The lowest BCUT2D eigenvalue weighted by Gasteiger charge is -2.21. The van der Waals surface area contributed by atoms with E-state index in [1.165, 1.54) is 289 Å². The third-order valence-corrected chi connectivity index (χ3v) is 21.8. The van der Waals surface area contributed by atoms with Crippen LogP contribution in [0.25, 0.3) is 0 Å². The van der Waals surface area contributed by atoms with Gasteiger partial charge in [0.25, 0.3) is 0 Å². The van der Waals surface area contributed by atoms with Gasteiger partial charge in [-0.15, -0.1) is 0 Å². The molecular weight excluding hydrogens is 1340 g/mol. The van der Waals surface area contributed by atoms with Crippen LogP contribution in [-0.4, -0.2) is 96.7 Å². The van der Waals surface area contributed by atoms with Crippen molar-refractivity contribution >= 4 is 39.5 Å². The fourth-order valence-corrected chi connectivity index (χ4v) is 14.7. The first-order chi connectivity index (χ1) is 50.2. The van der Waals surface area contributed by atoms with Gasteiger partial charge < -0.3 is 33.8 Å². The van der Waals surface area contributed by atoms with Crippen LogP contribution in [0.2, 0.25) is 0 Å². The van der Waals surface area contributed by atoms with E-state index < -0.39 is 97.5 Å². The molecule has 103 heavy (non-hydrogen) atoms. The van der Waals surface area contributed by atoms with Gasteiger partial charge in [-0.05, 0) is 25.7 Å². The van der Waals surface area contributed by atoms with Crippen LogP contribution in [0.1, 0.15) is 458 Å². The Kier molecular flexibility index (Phi) is 76.7. The number of ether oxygens (including phenoxy) is 4. The summed E-state index contributed by atoms with van der Waals surface area (Å²) in [6.45, 7) is 5.04. The fraction of sp³-hybridized carbons (Fsp3) is 0.952. The monoisotopic (exact) mass is 1510 g/mol. The van der Waals surface area contributed by atoms with Gasteiger partial charge in [0.15, 0.2) is 12.2 Å². The van der Waals surface area contributed by atoms with E-state index in [1.807, 2.05) is 0 Å². The second-order valence-electron chi connectivity index (χ2n) is 30.2. The van der Waals surface area contributed by atoms with E-state index >= 15 is 0 Å². The number of phosphoric ester groups is 2. The number of phosphoric acid groups is 2. The van der Waals surface area contributed by atoms with Crippen LogP contribution >= 0.6 is 15.6 Å². The average Bonchev–Trinajstić information content (AvgIpc) is 0.962. The highest BCUT2D eigenvalue weighted by atomic mass is 31.2. The van der Waals surface area contributed by atoms with Gasteiger partial charge in [-0.2, -0.15) is 0 Å². The van der Waals surface area contributed by atoms with E-state index in [0.29, 0.717) is 25.7 Å². The molecule has 0 aromatic carbocycles. The number of hydrogen-bond donors (Lipinski definition) is 3. The van der Waals surface area contributed by atoms with E-state index in [0.717, 1.165) is 89.9 Å². The van der Waals surface area contributed by atoms with Gasteiger partial charge in [0.1, 0.15) is 19.3 Å². The van der Waals surface area contributed by atoms with E-state index in [1.54, 1.807) is 0 Å². The Hall–Kier alpha value is -1.94. The van der Waals surface area contributed by atoms with Crippen LogP contribution in [-0.2, 0) is 65.4 Å². The first-order valence-electron chi connectivity index (χ1n) is 43.8. The van der Waals surface area contributed by atoms with Gasteiger partial charge in [0.05, 0.1) is 26.4 Å². The lowest BCUT2D eigenvalue weighted by Crippen LogP contribution is -2.30. The van der Waals surface area contributed by atoms with Gasteiger partial charge in [-0.1, -0.05) is 407 Å². The van der Waals surface area contributed by atoms with Crippen molar-refractivity contribution in [2.45, 2.75) is 476 Å². The summed E-state index contributed by atoms with van der Waals surface area (Å²) in [6, 6.07) is 0. The predicted molar refractivity (Wildman–Crippen MR) is 423 cm³/mol. The summed E-state index contributed by atoms with van der Waals surface area (Å²) >= 11 is 0. The molecule has 0 aliphatic rings. The van der Waals surface area contributed by atoms with E-state index in [9.17, 15) is 43.2 Å². The normalized spacial score (nSPS) is 13.7. The van der Waals surface area contributed by atoms with Gasteiger partial charge in [-0.3, -0.25) is 37.3 Å². The molecule has 0 spiro atoms. The molecule has 17 nitrogen and oxygen atoms in total. The van der Waals surface area contributed by atoms with E-state index in [2.05, 4.69) is 27.7 Å². The lowest BCUT2D eigenvalue weighted by atomic mass is 10.0. The zero-order valence-corrected chi connectivity index (χ0v) is 69.1. The van der Waals surface area contributed by atoms with Crippen LogP contribution in [0.4, 0.5) is 0 Å². The molecule has 19 heteroatoms. The Labute approximate surface area is 632 Å². The van der Waals surface area contributed by atoms with Crippen molar-refractivity contribution in [3.63, 3.8) is 0 Å². The molecule has 0 radical (unpaired) electrons. The molecule has 0 aliphatic carbocycles. The number of aliphatic hydroxyl groups is 1. The minimum Gasteiger partial charge on any atom is -0.462 e. The summed E-state index contributed by atoms with van der Waals surface area (Å²) < 4.78 is 68.8. The zero-order valence-electron chi connectivity index (χ0n) is 67.3. The highest BCUT2D eigenvalue weighted by molar-refractivity contribution is 7.47. The number of rotatable bonds is 85. The maximum absolute atomic E-state index is 13.1. The largest absolute Gasteiger partial charge is 0.472 e. The van der Waals surface area contributed by atoms with Crippen LogP contribution in [0.15, 0.2) is 0 Å². The predicted octanol–water partition coefficient (Wildman–Crippen LogP) is 25.7. The maximum Gasteiger partial charge on any atom is 0.472 e. The molecule has 3 N–H and O–H groups in total. The second-order valence-corrected chi connectivity index (χ2v) is 33.1. The van der Waals surface area contributed by atoms with Crippen molar-refractivity contribution in [3.8, 4) is 0 Å². The van der Waals surface area contributed by atoms with Crippen molar-refractivity contribution < 1.29 is 80.2 Å². The van der Waals surface area contributed by atoms with Crippen LogP contribution in [0, 0.1) is 0 Å². The summed E-state index contributed by atoms with van der Waals surface area (Å²) in [5, 5.41) is 10.7. The Balaban J connectivity index is 5.22. The SMILES string of the molecule is CCCCCCCCCCCCCCCCCCCCCCC(=O)O[C@H](COC(=O)CCCCCCCCCCCCCCCCCCCCC)COP(=O)(O)OC[C@@H](O)COP(=O)(O)OC[C@@H](COC(=O)CCCCCCCCCCCCC)OC(=O)CCCCCCCCCCCCCCC. The maximum atomic E-state index is 13.1. The number of carbonyl (C=O) groups excluding carboxylic acids is 4. The standard InChI is InChI=1S/C84H164O17P2/c1-5-9-13-17-21-25-29-32-34-36-38-40-42-44-47-51-55-59-63-67-71-84(89)101-80(75-95-82(87)69-65-61-57-53-49-46-43-41-39-37-35-33-30-26-22-18-14-10-6-2)77-99-103(92,93)97-73-78(85)72-96-102(90,91)98-76-79(74-94-81(86)68-64-60-56-52-48-28-24-20-16-12-8-4)100-83(88)70-66-62-58-54-50-45-31-27-23-19-15-11-7-3/h78-80,85H,5-77H2,1-4H3,(H,90,91)(H,92,93)/t78-,79+,80+/m0/s1. The fourth-order valence-electron chi connectivity index (χ4n) is 13.2. The van der Waals surface area contributed by atoms with Crippen molar-refractivity contribution in [2.24, 2.45) is 0 Å². The Bertz CT molecular complexity index is 1950. The van der Waals surface area contributed by atoms with E-state index in [4.69, 9.17) is 37.0 Å². The van der Waals surface area contributed by atoms with Gasteiger partial charge in [0.2, 0.25) is 0 Å². The smallest absolute Gasteiger partial charge is 0.462 e. The summed E-state index contributed by atoms with van der Waals surface area (Å²) in [5.41, 5.74) is 0. The highest BCUT2D eigenvalue weighted by Gasteiger charge is 2.30. The minimum atomic E-state index is -4.96. The molecule has 0 saturated carbocycles. The van der Waals surface area contributed by atoms with Gasteiger partial charge >= 0.3 is 39.5 Å². The molecule has 0 aromatic heterocycles. The summed E-state index contributed by atoms with van der Waals surface area (Å²) in [6.07, 6.45) is 72.2. The Morgan fingerprint density at radius 2 is 0.388 bits per heavy atom. The number of hydrogen-bond acceptors (Lipinski definition) is 15. The molecule has 0 amide bonds. The quantitative estimate of drug-likeness (QED) is 0.0222. The van der Waals surface area contributed by atoms with Crippen molar-refractivity contribution in [1.29, 1.82) is 0 Å². The highest BCUT2D eigenvalue weighted by Crippen LogP contribution is 2.45. The number of aliphatic hydroxyl groups excluding tert-OH is 1. The molecular formula is C84H164O17P2. The first kappa shape index (κ1) is 101. The molecule has 0 saturated heterocycles. The lowest BCUT2D eigenvalue weighted by molar-refractivity contribution is -0.161. The average molecular weight is 1510 g/mol.